The minimum absolute atomic E-state index is 0.258. The zero-order valence-electron chi connectivity index (χ0n) is 11.4. The van der Waals surface area contributed by atoms with E-state index < -0.39 is 8.32 Å². The number of rotatable bonds is 4. The van der Waals surface area contributed by atoms with Gasteiger partial charge in [-0.2, -0.15) is 0 Å². The van der Waals surface area contributed by atoms with E-state index in [-0.39, 0.29) is 6.10 Å². The van der Waals surface area contributed by atoms with E-state index in [4.69, 9.17) is 4.43 Å². The highest BCUT2D eigenvalue weighted by molar-refractivity contribution is 8.17. The van der Waals surface area contributed by atoms with Crippen molar-refractivity contribution in [1.29, 1.82) is 0 Å². The van der Waals surface area contributed by atoms with Crippen LogP contribution in [0.3, 0.4) is 0 Å². The zero-order chi connectivity index (χ0) is 13.0. The SMILES string of the molecule is C[Si](C)(C)OC(c1ccccc1)C1SCCCS1. The van der Waals surface area contributed by atoms with Crippen molar-refractivity contribution in [2.75, 3.05) is 11.5 Å². The Balaban J connectivity index is 2.17. The smallest absolute Gasteiger partial charge is 0.184 e. The van der Waals surface area contributed by atoms with Crippen LogP contribution in [-0.4, -0.2) is 24.4 Å². The van der Waals surface area contributed by atoms with Gasteiger partial charge in [0.15, 0.2) is 8.32 Å². The van der Waals surface area contributed by atoms with E-state index in [0.29, 0.717) is 4.58 Å². The lowest BCUT2D eigenvalue weighted by Crippen LogP contribution is -2.32. The third-order valence-corrected chi connectivity index (χ3v) is 6.69. The third-order valence-electron chi connectivity index (χ3n) is 2.71. The fourth-order valence-corrected chi connectivity index (χ4v) is 6.22. The number of hydrogen-bond donors (Lipinski definition) is 0. The van der Waals surface area contributed by atoms with Gasteiger partial charge < -0.3 is 4.43 Å². The van der Waals surface area contributed by atoms with Crippen molar-refractivity contribution in [3.63, 3.8) is 0 Å². The molecule has 100 valence electrons. The summed E-state index contributed by atoms with van der Waals surface area (Å²) in [4.78, 5) is 0. The predicted octanol–water partition coefficient (Wildman–Crippen LogP) is 4.78. The molecule has 1 unspecified atom stereocenters. The van der Waals surface area contributed by atoms with Crippen molar-refractivity contribution in [2.45, 2.75) is 36.7 Å². The lowest BCUT2D eigenvalue weighted by Gasteiger charge is -2.34. The summed E-state index contributed by atoms with van der Waals surface area (Å²) in [6, 6.07) is 10.7. The third kappa shape index (κ3) is 4.33. The van der Waals surface area contributed by atoms with Crippen molar-refractivity contribution in [3.8, 4) is 0 Å². The van der Waals surface area contributed by atoms with Crippen LogP contribution >= 0.6 is 23.5 Å². The van der Waals surface area contributed by atoms with Crippen LogP contribution in [-0.2, 0) is 4.43 Å². The molecule has 0 radical (unpaired) electrons. The highest BCUT2D eigenvalue weighted by Gasteiger charge is 2.31. The van der Waals surface area contributed by atoms with E-state index in [1.54, 1.807) is 0 Å². The Morgan fingerprint density at radius 2 is 1.72 bits per heavy atom. The molecule has 1 atom stereocenters. The van der Waals surface area contributed by atoms with Crippen LogP contribution < -0.4 is 0 Å². The van der Waals surface area contributed by atoms with Gasteiger partial charge in [0.05, 0.1) is 10.7 Å². The Labute approximate surface area is 120 Å². The van der Waals surface area contributed by atoms with Crippen molar-refractivity contribution in [1.82, 2.24) is 0 Å². The highest BCUT2D eigenvalue weighted by Crippen LogP contribution is 2.42. The van der Waals surface area contributed by atoms with E-state index in [1.807, 2.05) is 0 Å². The molecule has 1 saturated heterocycles. The average molecular weight is 299 g/mol. The molecule has 1 fully saturated rings. The van der Waals surface area contributed by atoms with Gasteiger partial charge in [0, 0.05) is 0 Å². The van der Waals surface area contributed by atoms with Crippen LogP contribution in [0.2, 0.25) is 19.6 Å². The Morgan fingerprint density at radius 3 is 2.28 bits per heavy atom. The summed E-state index contributed by atoms with van der Waals surface area (Å²) >= 11 is 4.13. The predicted molar refractivity (Wildman–Crippen MR) is 86.9 cm³/mol. The fraction of sp³-hybridized carbons (Fsp3) is 0.571. The van der Waals surface area contributed by atoms with Gasteiger partial charge >= 0.3 is 0 Å². The van der Waals surface area contributed by atoms with Crippen LogP contribution in [0.15, 0.2) is 30.3 Å². The summed E-state index contributed by atoms with van der Waals surface area (Å²) in [5.41, 5.74) is 1.34. The van der Waals surface area contributed by atoms with Gasteiger partial charge in [-0.3, -0.25) is 0 Å². The van der Waals surface area contributed by atoms with Crippen LogP contribution in [0, 0.1) is 0 Å². The summed E-state index contributed by atoms with van der Waals surface area (Å²) in [5, 5.41) is 0. The number of hydrogen-bond acceptors (Lipinski definition) is 3. The Hall–Kier alpha value is 0.0969. The first-order chi connectivity index (χ1) is 8.56. The quantitative estimate of drug-likeness (QED) is 0.741. The number of thioether (sulfide) groups is 2. The van der Waals surface area contributed by atoms with E-state index in [0.717, 1.165) is 0 Å². The molecule has 0 N–H and O–H groups in total. The molecular formula is C14H22OS2Si. The van der Waals surface area contributed by atoms with Gasteiger partial charge in [0.25, 0.3) is 0 Å². The molecule has 1 aliphatic rings. The molecule has 0 spiro atoms. The van der Waals surface area contributed by atoms with Gasteiger partial charge in [-0.15, -0.1) is 23.5 Å². The molecule has 0 aromatic heterocycles. The van der Waals surface area contributed by atoms with Gasteiger partial charge in [-0.25, -0.2) is 0 Å². The molecule has 1 aromatic carbocycles. The maximum absolute atomic E-state index is 6.46. The lowest BCUT2D eigenvalue weighted by atomic mass is 10.1. The van der Waals surface area contributed by atoms with Crippen LogP contribution in [0.5, 0.6) is 0 Å². The molecule has 2 rings (SSSR count). The Bertz CT molecular complexity index is 358. The molecule has 1 aromatic rings. The Morgan fingerprint density at radius 1 is 1.11 bits per heavy atom. The van der Waals surface area contributed by atoms with Crippen molar-refractivity contribution >= 4 is 31.8 Å². The second-order valence-corrected chi connectivity index (χ2v) is 12.8. The summed E-state index contributed by atoms with van der Waals surface area (Å²) in [7, 11) is -1.51. The van der Waals surface area contributed by atoms with Gasteiger partial charge in [0.2, 0.25) is 0 Å². The fourth-order valence-electron chi connectivity index (χ4n) is 1.99. The van der Waals surface area contributed by atoms with E-state index >= 15 is 0 Å². The summed E-state index contributed by atoms with van der Waals surface area (Å²) in [6.45, 7) is 6.84. The maximum atomic E-state index is 6.46. The first-order valence-electron chi connectivity index (χ1n) is 6.52. The Kier molecular flexibility index (Phi) is 5.24. The normalized spacial score (nSPS) is 19.7. The van der Waals surface area contributed by atoms with Crippen LogP contribution in [0.4, 0.5) is 0 Å². The molecule has 0 amide bonds. The summed E-state index contributed by atoms with van der Waals surface area (Å²) in [5.74, 6) is 2.55. The minimum atomic E-state index is -1.51. The largest absolute Gasteiger partial charge is 0.409 e. The molecule has 4 heteroatoms. The molecule has 1 aliphatic heterocycles. The van der Waals surface area contributed by atoms with Gasteiger partial charge in [-0.1, -0.05) is 30.3 Å². The zero-order valence-corrected chi connectivity index (χ0v) is 14.0. The average Bonchev–Trinajstić information content (AvgIpc) is 2.37. The standard InChI is InChI=1S/C14H22OS2Si/c1-18(2,3)15-13(12-8-5-4-6-9-12)14-16-10-7-11-17-14/h4-6,8-9,13-14H,7,10-11H2,1-3H3. The topological polar surface area (TPSA) is 9.23 Å². The molecular weight excluding hydrogens is 276 g/mol. The van der Waals surface area contributed by atoms with Crippen molar-refractivity contribution in [3.05, 3.63) is 35.9 Å². The molecule has 0 bridgehead atoms. The lowest BCUT2D eigenvalue weighted by molar-refractivity contribution is 0.216. The van der Waals surface area contributed by atoms with Crippen molar-refractivity contribution in [2.24, 2.45) is 0 Å². The van der Waals surface area contributed by atoms with Crippen LogP contribution in [0.1, 0.15) is 18.1 Å². The number of benzene rings is 1. The first-order valence-corrected chi connectivity index (χ1v) is 12.0. The van der Waals surface area contributed by atoms with Gasteiger partial charge in [0.1, 0.15) is 0 Å². The second kappa shape index (κ2) is 6.50. The van der Waals surface area contributed by atoms with Crippen molar-refractivity contribution < 1.29 is 4.43 Å². The molecule has 0 aliphatic carbocycles. The van der Waals surface area contributed by atoms with E-state index in [1.165, 1.54) is 23.5 Å². The monoisotopic (exact) mass is 298 g/mol. The molecule has 18 heavy (non-hydrogen) atoms. The minimum Gasteiger partial charge on any atom is -0.409 e. The van der Waals surface area contributed by atoms with E-state index in [2.05, 4.69) is 73.5 Å². The highest BCUT2D eigenvalue weighted by atomic mass is 32.2. The maximum Gasteiger partial charge on any atom is 0.184 e. The van der Waals surface area contributed by atoms with E-state index in [9.17, 15) is 0 Å². The van der Waals surface area contributed by atoms with Crippen LogP contribution in [0.25, 0.3) is 0 Å². The summed E-state index contributed by atoms with van der Waals surface area (Å²) in [6.07, 6.45) is 1.59. The van der Waals surface area contributed by atoms with Gasteiger partial charge in [-0.05, 0) is 43.1 Å². The molecule has 1 heterocycles. The summed E-state index contributed by atoms with van der Waals surface area (Å²) < 4.78 is 7.02. The second-order valence-electron chi connectivity index (χ2n) is 5.53. The first kappa shape index (κ1) is 14.5. The molecule has 1 nitrogen and oxygen atoms in total. The molecule has 0 saturated carbocycles.